The second kappa shape index (κ2) is 4.50. The molecule has 1 fully saturated rings. The van der Waals surface area contributed by atoms with Gasteiger partial charge >= 0.3 is 0 Å². The topological polar surface area (TPSA) is 88.2 Å². The van der Waals surface area contributed by atoms with Crippen LogP contribution in [0.2, 0.25) is 5.15 Å². The third-order valence-corrected chi connectivity index (χ3v) is 3.27. The van der Waals surface area contributed by atoms with Crippen LogP contribution in [0.25, 0.3) is 0 Å². The Morgan fingerprint density at radius 1 is 1.65 bits per heavy atom. The molecule has 1 heterocycles. The Balaban J connectivity index is 2.02. The first-order valence-corrected chi connectivity index (χ1v) is 5.74. The van der Waals surface area contributed by atoms with Crippen molar-refractivity contribution in [3.63, 3.8) is 0 Å². The molecule has 2 rings (SSSR count). The molecule has 1 aliphatic carbocycles. The molecule has 0 radical (unpaired) electrons. The van der Waals surface area contributed by atoms with Gasteiger partial charge in [0.1, 0.15) is 5.15 Å². The molecule has 0 aromatic carbocycles. The summed E-state index contributed by atoms with van der Waals surface area (Å²) in [5, 5.41) is 12.1. The number of aliphatic hydroxyl groups excluding tert-OH is 1. The van der Waals surface area contributed by atoms with Gasteiger partial charge in [-0.3, -0.25) is 4.79 Å². The first-order chi connectivity index (χ1) is 8.06. The molecule has 92 valence electrons. The third kappa shape index (κ3) is 2.68. The van der Waals surface area contributed by atoms with Gasteiger partial charge in [-0.1, -0.05) is 11.6 Å². The predicted octanol–water partition coefficient (Wildman–Crippen LogP) is 0.820. The summed E-state index contributed by atoms with van der Waals surface area (Å²) in [5.74, 6) is -0.286. The van der Waals surface area contributed by atoms with Crippen LogP contribution in [0.5, 0.6) is 0 Å². The van der Waals surface area contributed by atoms with E-state index < -0.39 is 0 Å². The molecule has 0 saturated heterocycles. The van der Waals surface area contributed by atoms with Crippen LogP contribution in [0.3, 0.4) is 0 Å². The molecule has 0 bridgehead atoms. The molecule has 6 heteroatoms. The number of nitrogens with zero attached hydrogens (tertiary/aromatic N) is 1. The van der Waals surface area contributed by atoms with Crippen LogP contribution in [-0.4, -0.2) is 29.1 Å². The number of halogens is 1. The number of anilines is 1. The minimum atomic E-state index is -0.286. The van der Waals surface area contributed by atoms with Crippen molar-refractivity contribution in [3.8, 4) is 0 Å². The Hall–Kier alpha value is -1.33. The summed E-state index contributed by atoms with van der Waals surface area (Å²) in [7, 11) is 0. The van der Waals surface area contributed by atoms with Gasteiger partial charge in [-0.2, -0.15) is 0 Å². The maximum absolute atomic E-state index is 11.8. The molecule has 4 N–H and O–H groups in total. The Kier molecular flexibility index (Phi) is 3.22. The van der Waals surface area contributed by atoms with Crippen molar-refractivity contribution in [2.45, 2.75) is 12.8 Å². The van der Waals surface area contributed by atoms with Crippen LogP contribution in [-0.2, 0) is 0 Å². The number of nitrogens with two attached hydrogens (primary N) is 1. The largest absolute Gasteiger partial charge is 0.397 e. The van der Waals surface area contributed by atoms with Crippen LogP contribution in [0.15, 0.2) is 12.3 Å². The number of aromatic nitrogens is 1. The summed E-state index contributed by atoms with van der Waals surface area (Å²) in [6.07, 6.45) is 3.24. The van der Waals surface area contributed by atoms with Crippen molar-refractivity contribution in [1.82, 2.24) is 10.3 Å². The van der Waals surface area contributed by atoms with Crippen molar-refractivity contribution < 1.29 is 9.90 Å². The molecule has 0 spiro atoms. The summed E-state index contributed by atoms with van der Waals surface area (Å²) in [6, 6.07) is 1.44. The zero-order valence-electron chi connectivity index (χ0n) is 9.24. The highest BCUT2D eigenvalue weighted by atomic mass is 35.5. The van der Waals surface area contributed by atoms with Crippen LogP contribution < -0.4 is 11.1 Å². The predicted molar refractivity (Wildman–Crippen MR) is 64.7 cm³/mol. The van der Waals surface area contributed by atoms with Gasteiger partial charge in [0.25, 0.3) is 5.91 Å². The minimum absolute atomic E-state index is 0.0971. The molecule has 1 aromatic heterocycles. The van der Waals surface area contributed by atoms with Gasteiger partial charge < -0.3 is 16.2 Å². The average Bonchev–Trinajstić information content (AvgIpc) is 3.10. The Morgan fingerprint density at radius 3 is 2.94 bits per heavy atom. The number of nitrogens with one attached hydrogen (secondary N) is 1. The lowest BCUT2D eigenvalue weighted by Crippen LogP contribution is -2.32. The summed E-state index contributed by atoms with van der Waals surface area (Å²) in [4.78, 5) is 15.6. The molecule has 17 heavy (non-hydrogen) atoms. The third-order valence-electron chi connectivity index (χ3n) is 3.06. The number of amides is 1. The number of nitrogen functional groups attached to an aromatic ring is 1. The number of pyridine rings is 1. The fraction of sp³-hybridized carbons (Fsp3) is 0.455. The van der Waals surface area contributed by atoms with Gasteiger partial charge in [-0.15, -0.1) is 0 Å². The summed E-state index contributed by atoms with van der Waals surface area (Å²) in [6.45, 7) is 0.557. The van der Waals surface area contributed by atoms with Crippen LogP contribution in [0.4, 0.5) is 5.69 Å². The fourth-order valence-corrected chi connectivity index (χ4v) is 1.73. The van der Waals surface area contributed by atoms with Gasteiger partial charge in [-0.05, 0) is 18.9 Å². The van der Waals surface area contributed by atoms with E-state index in [0.29, 0.717) is 17.8 Å². The highest BCUT2D eigenvalue weighted by molar-refractivity contribution is 6.29. The molecule has 1 aliphatic rings. The maximum Gasteiger partial charge on any atom is 0.253 e. The first kappa shape index (κ1) is 12.1. The quantitative estimate of drug-likeness (QED) is 0.695. The van der Waals surface area contributed by atoms with Crippen molar-refractivity contribution in [2.24, 2.45) is 5.41 Å². The lowest BCUT2D eigenvalue weighted by molar-refractivity contribution is 0.0936. The number of carbonyl (C=O) groups excluding carboxylic acids is 1. The van der Waals surface area contributed by atoms with Gasteiger partial charge in [0.2, 0.25) is 0 Å². The lowest BCUT2D eigenvalue weighted by Gasteiger charge is -2.13. The van der Waals surface area contributed by atoms with Gasteiger partial charge in [0.15, 0.2) is 0 Å². The van der Waals surface area contributed by atoms with Gasteiger partial charge in [0.05, 0.1) is 24.1 Å². The number of hydrogen-bond acceptors (Lipinski definition) is 4. The zero-order valence-corrected chi connectivity index (χ0v) is 10.00. The van der Waals surface area contributed by atoms with E-state index in [0.717, 1.165) is 12.8 Å². The van der Waals surface area contributed by atoms with Crippen LogP contribution >= 0.6 is 11.6 Å². The van der Waals surface area contributed by atoms with Crippen molar-refractivity contribution >= 4 is 23.2 Å². The normalized spacial score (nSPS) is 16.6. The second-order valence-electron chi connectivity index (χ2n) is 4.44. The molecule has 1 aromatic rings. The van der Waals surface area contributed by atoms with Gasteiger partial charge in [0, 0.05) is 12.0 Å². The first-order valence-electron chi connectivity index (χ1n) is 5.36. The monoisotopic (exact) mass is 255 g/mol. The highest BCUT2D eigenvalue weighted by Gasteiger charge is 2.42. The molecule has 0 aliphatic heterocycles. The van der Waals surface area contributed by atoms with E-state index >= 15 is 0 Å². The van der Waals surface area contributed by atoms with E-state index in [9.17, 15) is 4.79 Å². The lowest BCUT2D eigenvalue weighted by atomic mass is 10.1. The average molecular weight is 256 g/mol. The van der Waals surface area contributed by atoms with E-state index in [1.54, 1.807) is 0 Å². The SMILES string of the molecule is Nc1cnc(Cl)cc1C(=O)NCC1(CO)CC1. The maximum atomic E-state index is 11.8. The smallest absolute Gasteiger partial charge is 0.253 e. The zero-order chi connectivity index (χ0) is 12.5. The fourth-order valence-electron chi connectivity index (χ4n) is 1.57. The minimum Gasteiger partial charge on any atom is -0.397 e. The van der Waals surface area contributed by atoms with Crippen molar-refractivity contribution in [3.05, 3.63) is 23.0 Å². The van der Waals surface area contributed by atoms with Crippen LogP contribution in [0.1, 0.15) is 23.2 Å². The molecule has 0 unspecified atom stereocenters. The number of hydrogen-bond donors (Lipinski definition) is 3. The van der Waals surface area contributed by atoms with Crippen LogP contribution in [0, 0.1) is 5.41 Å². The molecule has 5 nitrogen and oxygen atoms in total. The van der Waals surface area contributed by atoms with E-state index in [4.69, 9.17) is 22.4 Å². The molecular weight excluding hydrogens is 242 g/mol. The Bertz CT molecular complexity index is 446. The number of carbonyl (C=O) groups is 1. The van der Waals surface area contributed by atoms with Gasteiger partial charge in [-0.25, -0.2) is 4.98 Å². The number of rotatable bonds is 4. The van der Waals surface area contributed by atoms with E-state index in [2.05, 4.69) is 10.3 Å². The Morgan fingerprint density at radius 2 is 2.35 bits per heavy atom. The second-order valence-corrected chi connectivity index (χ2v) is 4.82. The summed E-state index contributed by atoms with van der Waals surface area (Å²) >= 11 is 5.70. The highest BCUT2D eigenvalue weighted by Crippen LogP contribution is 2.44. The van der Waals surface area contributed by atoms with Crippen molar-refractivity contribution in [2.75, 3.05) is 18.9 Å². The number of aliphatic hydroxyl groups is 1. The van der Waals surface area contributed by atoms with Crippen molar-refractivity contribution in [1.29, 1.82) is 0 Å². The standard InChI is InChI=1S/C11H14ClN3O2/c12-9-3-7(8(13)4-14-9)10(17)15-5-11(6-16)1-2-11/h3-4,16H,1-2,5-6,13H2,(H,15,17). The summed E-state index contributed by atoms with van der Waals surface area (Å²) in [5.41, 5.74) is 6.13. The van der Waals surface area contributed by atoms with E-state index in [1.807, 2.05) is 0 Å². The molecule has 0 atom stereocenters. The van der Waals surface area contributed by atoms with E-state index in [-0.39, 0.29) is 23.1 Å². The molecular formula is C11H14ClN3O2. The Labute approximate surface area is 104 Å². The molecule has 1 saturated carbocycles. The molecule has 1 amide bonds. The summed E-state index contributed by atoms with van der Waals surface area (Å²) < 4.78 is 0. The van der Waals surface area contributed by atoms with E-state index in [1.165, 1.54) is 12.3 Å².